The standard InChI is InChI=1S/C24H42O/c1-3-5-6-8-19-9-11-20(12-10-19)21-13-15-22(16-14-21)24-18-17-23(25-24)7-4-2/h3,5,19-24H,4,6-18H2,1-2H3. The van der Waals surface area contributed by atoms with Gasteiger partial charge in [-0.05, 0) is 101 Å². The molecule has 0 spiro atoms. The SMILES string of the molecule is CC=CCCC1CCC(C2CCC(C3CCC(CCC)O3)CC2)CC1. The zero-order chi connectivity index (χ0) is 17.5. The lowest BCUT2D eigenvalue weighted by Crippen LogP contribution is -2.30. The summed E-state index contributed by atoms with van der Waals surface area (Å²) in [5.41, 5.74) is 0. The van der Waals surface area contributed by atoms with E-state index in [4.69, 9.17) is 4.74 Å². The molecule has 0 N–H and O–H groups in total. The van der Waals surface area contributed by atoms with Crippen LogP contribution in [0.5, 0.6) is 0 Å². The molecule has 3 aliphatic rings. The van der Waals surface area contributed by atoms with Crippen molar-refractivity contribution in [3.05, 3.63) is 12.2 Å². The first kappa shape index (κ1) is 19.5. The Balaban J connectivity index is 1.34. The van der Waals surface area contributed by atoms with E-state index in [-0.39, 0.29) is 0 Å². The average molecular weight is 347 g/mol. The Bertz CT molecular complexity index is 385. The monoisotopic (exact) mass is 346 g/mol. The van der Waals surface area contributed by atoms with Crippen molar-refractivity contribution in [3.8, 4) is 0 Å². The van der Waals surface area contributed by atoms with Crippen LogP contribution in [0.4, 0.5) is 0 Å². The van der Waals surface area contributed by atoms with Gasteiger partial charge < -0.3 is 4.74 Å². The molecule has 0 aromatic heterocycles. The lowest BCUT2D eigenvalue weighted by atomic mass is 9.68. The molecule has 0 aromatic carbocycles. The molecule has 25 heavy (non-hydrogen) atoms. The Morgan fingerprint density at radius 1 is 0.760 bits per heavy atom. The highest BCUT2D eigenvalue weighted by Gasteiger charge is 2.36. The first-order chi connectivity index (χ1) is 12.3. The van der Waals surface area contributed by atoms with Crippen LogP contribution in [-0.2, 0) is 4.74 Å². The average Bonchev–Trinajstić information content (AvgIpc) is 3.12. The van der Waals surface area contributed by atoms with E-state index < -0.39 is 0 Å². The highest BCUT2D eigenvalue weighted by molar-refractivity contribution is 4.87. The summed E-state index contributed by atoms with van der Waals surface area (Å²) in [7, 11) is 0. The van der Waals surface area contributed by atoms with Crippen molar-refractivity contribution in [2.75, 3.05) is 0 Å². The molecule has 0 aromatic rings. The lowest BCUT2D eigenvalue weighted by molar-refractivity contribution is -0.0114. The number of rotatable bonds is 7. The molecular formula is C24H42O. The number of hydrogen-bond donors (Lipinski definition) is 0. The highest BCUT2D eigenvalue weighted by atomic mass is 16.5. The quantitative estimate of drug-likeness (QED) is 0.439. The molecule has 144 valence electrons. The minimum atomic E-state index is 0.588. The van der Waals surface area contributed by atoms with E-state index in [2.05, 4.69) is 26.0 Å². The van der Waals surface area contributed by atoms with E-state index >= 15 is 0 Å². The van der Waals surface area contributed by atoms with Gasteiger partial charge in [-0.1, -0.05) is 38.3 Å². The predicted molar refractivity (Wildman–Crippen MR) is 108 cm³/mol. The molecule has 2 unspecified atom stereocenters. The van der Waals surface area contributed by atoms with Gasteiger partial charge in [0.1, 0.15) is 0 Å². The van der Waals surface area contributed by atoms with E-state index in [1.165, 1.54) is 89.9 Å². The Labute approximate surface area is 157 Å². The van der Waals surface area contributed by atoms with Crippen molar-refractivity contribution in [1.82, 2.24) is 0 Å². The molecule has 2 atom stereocenters. The molecule has 2 saturated carbocycles. The fourth-order valence-corrected chi connectivity index (χ4v) is 6.05. The van der Waals surface area contributed by atoms with Crippen molar-refractivity contribution in [1.29, 1.82) is 0 Å². The van der Waals surface area contributed by atoms with Crippen molar-refractivity contribution < 1.29 is 4.74 Å². The molecular weight excluding hydrogens is 304 g/mol. The van der Waals surface area contributed by atoms with E-state index in [1.807, 2.05) is 0 Å². The maximum Gasteiger partial charge on any atom is 0.0608 e. The van der Waals surface area contributed by atoms with Crippen LogP contribution >= 0.6 is 0 Å². The molecule has 1 saturated heterocycles. The summed E-state index contributed by atoms with van der Waals surface area (Å²) < 4.78 is 6.38. The van der Waals surface area contributed by atoms with Gasteiger partial charge in [-0.3, -0.25) is 0 Å². The smallest absolute Gasteiger partial charge is 0.0608 e. The molecule has 3 fully saturated rings. The summed E-state index contributed by atoms with van der Waals surface area (Å²) >= 11 is 0. The Hall–Kier alpha value is -0.300. The van der Waals surface area contributed by atoms with Gasteiger partial charge >= 0.3 is 0 Å². The van der Waals surface area contributed by atoms with Crippen molar-refractivity contribution >= 4 is 0 Å². The molecule has 0 amide bonds. The molecule has 1 aliphatic heterocycles. The zero-order valence-electron chi connectivity index (χ0n) is 16.9. The maximum absolute atomic E-state index is 6.38. The van der Waals surface area contributed by atoms with Crippen LogP contribution in [0.1, 0.15) is 104 Å². The van der Waals surface area contributed by atoms with Gasteiger partial charge in [0.05, 0.1) is 12.2 Å². The molecule has 1 heterocycles. The normalized spacial score (nSPS) is 39.9. The largest absolute Gasteiger partial charge is 0.375 e. The zero-order valence-corrected chi connectivity index (χ0v) is 16.9. The van der Waals surface area contributed by atoms with Crippen LogP contribution in [0.25, 0.3) is 0 Å². The van der Waals surface area contributed by atoms with Crippen molar-refractivity contribution in [2.45, 2.75) is 116 Å². The summed E-state index contributed by atoms with van der Waals surface area (Å²) in [6.45, 7) is 4.44. The number of ether oxygens (including phenoxy) is 1. The van der Waals surface area contributed by atoms with E-state index in [0.717, 1.165) is 23.7 Å². The Morgan fingerprint density at radius 2 is 1.40 bits per heavy atom. The first-order valence-corrected chi connectivity index (χ1v) is 11.6. The molecule has 0 radical (unpaired) electrons. The number of allylic oxidation sites excluding steroid dienone is 2. The third kappa shape index (κ3) is 5.59. The van der Waals surface area contributed by atoms with Gasteiger partial charge in [0.2, 0.25) is 0 Å². The van der Waals surface area contributed by atoms with Crippen LogP contribution in [0.2, 0.25) is 0 Å². The summed E-state index contributed by atoms with van der Waals surface area (Å²) in [4.78, 5) is 0. The van der Waals surface area contributed by atoms with Crippen LogP contribution in [0.15, 0.2) is 12.2 Å². The lowest BCUT2D eigenvalue weighted by Gasteiger charge is -2.39. The van der Waals surface area contributed by atoms with Gasteiger partial charge in [-0.2, -0.15) is 0 Å². The molecule has 2 aliphatic carbocycles. The molecule has 1 heteroatoms. The third-order valence-electron chi connectivity index (χ3n) is 7.63. The Kier molecular flexibility index (Phi) is 7.90. The van der Waals surface area contributed by atoms with Crippen LogP contribution < -0.4 is 0 Å². The predicted octanol–water partition coefficient (Wildman–Crippen LogP) is 7.30. The summed E-state index contributed by atoms with van der Waals surface area (Å²) in [5, 5.41) is 0. The Morgan fingerprint density at radius 3 is 2.04 bits per heavy atom. The van der Waals surface area contributed by atoms with E-state index in [0.29, 0.717) is 12.2 Å². The second-order valence-corrected chi connectivity index (χ2v) is 9.26. The minimum absolute atomic E-state index is 0.588. The minimum Gasteiger partial charge on any atom is -0.375 e. The highest BCUT2D eigenvalue weighted by Crippen LogP contribution is 2.44. The van der Waals surface area contributed by atoms with Crippen molar-refractivity contribution in [2.24, 2.45) is 23.7 Å². The van der Waals surface area contributed by atoms with Crippen molar-refractivity contribution in [3.63, 3.8) is 0 Å². The van der Waals surface area contributed by atoms with E-state index in [9.17, 15) is 0 Å². The maximum atomic E-state index is 6.38. The molecule has 1 nitrogen and oxygen atoms in total. The third-order valence-corrected chi connectivity index (χ3v) is 7.63. The van der Waals surface area contributed by atoms with Gasteiger partial charge in [-0.15, -0.1) is 0 Å². The topological polar surface area (TPSA) is 9.23 Å². The summed E-state index contributed by atoms with van der Waals surface area (Å²) in [6.07, 6.45) is 25.7. The molecule has 0 bridgehead atoms. The van der Waals surface area contributed by atoms with Crippen LogP contribution in [0.3, 0.4) is 0 Å². The summed E-state index contributed by atoms with van der Waals surface area (Å²) in [5.74, 6) is 4.00. The summed E-state index contributed by atoms with van der Waals surface area (Å²) in [6, 6.07) is 0. The second-order valence-electron chi connectivity index (χ2n) is 9.26. The number of hydrogen-bond acceptors (Lipinski definition) is 1. The van der Waals surface area contributed by atoms with Gasteiger partial charge in [-0.25, -0.2) is 0 Å². The van der Waals surface area contributed by atoms with Gasteiger partial charge in [0.25, 0.3) is 0 Å². The fourth-order valence-electron chi connectivity index (χ4n) is 6.05. The fraction of sp³-hybridized carbons (Fsp3) is 0.917. The second kappa shape index (κ2) is 10.1. The van der Waals surface area contributed by atoms with E-state index in [1.54, 1.807) is 0 Å². The van der Waals surface area contributed by atoms with Crippen LogP contribution in [0, 0.1) is 23.7 Å². The first-order valence-electron chi connectivity index (χ1n) is 11.6. The van der Waals surface area contributed by atoms with Gasteiger partial charge in [0.15, 0.2) is 0 Å². The molecule has 3 rings (SSSR count). The van der Waals surface area contributed by atoms with Crippen LogP contribution in [-0.4, -0.2) is 12.2 Å². The van der Waals surface area contributed by atoms with Gasteiger partial charge in [0, 0.05) is 0 Å².